The van der Waals surface area contributed by atoms with Gasteiger partial charge in [-0.2, -0.15) is 0 Å². The van der Waals surface area contributed by atoms with Gasteiger partial charge in [0.2, 0.25) is 0 Å². The van der Waals surface area contributed by atoms with Gasteiger partial charge in [0.15, 0.2) is 0 Å². The maximum atomic E-state index is 13.5. The fraction of sp³-hybridized carbons (Fsp3) is 0.267. The molecule has 4 heteroatoms. The van der Waals surface area contributed by atoms with Crippen molar-refractivity contribution in [2.75, 3.05) is 7.05 Å². The SMILES string of the molecule is CNC(Cc1ccc(C)cn1)c1cccc(F)c1Cl. The van der Waals surface area contributed by atoms with Crippen molar-refractivity contribution in [3.63, 3.8) is 0 Å². The topological polar surface area (TPSA) is 24.9 Å². The zero-order chi connectivity index (χ0) is 13.8. The summed E-state index contributed by atoms with van der Waals surface area (Å²) in [5, 5.41) is 3.33. The largest absolute Gasteiger partial charge is 0.313 e. The molecule has 0 fully saturated rings. The average Bonchev–Trinajstić information content (AvgIpc) is 2.42. The zero-order valence-electron chi connectivity index (χ0n) is 11.0. The van der Waals surface area contributed by atoms with Crippen molar-refractivity contribution in [3.8, 4) is 0 Å². The van der Waals surface area contributed by atoms with Crippen molar-refractivity contribution in [1.82, 2.24) is 10.3 Å². The molecule has 1 N–H and O–H groups in total. The van der Waals surface area contributed by atoms with Crippen molar-refractivity contribution < 1.29 is 4.39 Å². The van der Waals surface area contributed by atoms with Gasteiger partial charge in [0.1, 0.15) is 5.82 Å². The number of pyridine rings is 1. The Morgan fingerprint density at radius 1 is 1.32 bits per heavy atom. The number of hydrogen-bond donors (Lipinski definition) is 1. The van der Waals surface area contributed by atoms with Gasteiger partial charge in [-0.1, -0.05) is 29.8 Å². The molecule has 0 aliphatic heterocycles. The molecule has 1 atom stereocenters. The molecule has 0 aliphatic rings. The Morgan fingerprint density at radius 2 is 2.11 bits per heavy atom. The van der Waals surface area contributed by atoms with Crippen LogP contribution in [0.5, 0.6) is 0 Å². The number of aromatic nitrogens is 1. The molecule has 100 valence electrons. The van der Waals surface area contributed by atoms with E-state index in [1.165, 1.54) is 6.07 Å². The molecule has 0 radical (unpaired) electrons. The van der Waals surface area contributed by atoms with E-state index >= 15 is 0 Å². The Balaban J connectivity index is 2.25. The summed E-state index contributed by atoms with van der Waals surface area (Å²) in [4.78, 5) is 4.37. The average molecular weight is 279 g/mol. The zero-order valence-corrected chi connectivity index (χ0v) is 11.7. The molecule has 2 rings (SSSR count). The Bertz CT molecular complexity index is 555. The molecule has 19 heavy (non-hydrogen) atoms. The quantitative estimate of drug-likeness (QED) is 0.923. The summed E-state index contributed by atoms with van der Waals surface area (Å²) < 4.78 is 13.5. The molecular formula is C15H16ClFN2. The first-order chi connectivity index (χ1) is 9.11. The lowest BCUT2D eigenvalue weighted by Gasteiger charge is -2.18. The summed E-state index contributed by atoms with van der Waals surface area (Å²) in [6, 6.07) is 8.81. The third-order valence-corrected chi connectivity index (χ3v) is 3.49. The van der Waals surface area contributed by atoms with E-state index < -0.39 is 5.82 Å². The van der Waals surface area contributed by atoms with E-state index in [0.717, 1.165) is 16.8 Å². The first kappa shape index (κ1) is 14.0. The molecular weight excluding hydrogens is 263 g/mol. The van der Waals surface area contributed by atoms with Crippen LogP contribution >= 0.6 is 11.6 Å². The first-order valence-electron chi connectivity index (χ1n) is 6.14. The van der Waals surface area contributed by atoms with Gasteiger partial charge >= 0.3 is 0 Å². The lowest BCUT2D eigenvalue weighted by Crippen LogP contribution is -2.20. The van der Waals surface area contributed by atoms with Gasteiger partial charge in [-0.15, -0.1) is 0 Å². The van der Waals surface area contributed by atoms with E-state index in [4.69, 9.17) is 11.6 Å². The highest BCUT2D eigenvalue weighted by Gasteiger charge is 2.16. The van der Waals surface area contributed by atoms with Gasteiger partial charge in [-0.3, -0.25) is 4.98 Å². The van der Waals surface area contributed by atoms with E-state index in [-0.39, 0.29) is 11.1 Å². The molecule has 1 aromatic carbocycles. The van der Waals surface area contributed by atoms with Crippen LogP contribution in [0.15, 0.2) is 36.5 Å². The number of halogens is 2. The molecule has 2 nitrogen and oxygen atoms in total. The van der Waals surface area contributed by atoms with E-state index in [0.29, 0.717) is 6.42 Å². The fourth-order valence-corrected chi connectivity index (χ4v) is 2.24. The van der Waals surface area contributed by atoms with E-state index in [2.05, 4.69) is 10.3 Å². The van der Waals surface area contributed by atoms with Crippen LogP contribution in [0.4, 0.5) is 4.39 Å². The van der Waals surface area contributed by atoms with Gasteiger partial charge in [0.25, 0.3) is 0 Å². The number of benzene rings is 1. The predicted molar refractivity (Wildman–Crippen MR) is 75.9 cm³/mol. The minimum absolute atomic E-state index is 0.0570. The minimum atomic E-state index is -0.392. The maximum absolute atomic E-state index is 13.5. The van der Waals surface area contributed by atoms with Crippen LogP contribution < -0.4 is 5.32 Å². The highest BCUT2D eigenvalue weighted by molar-refractivity contribution is 6.31. The van der Waals surface area contributed by atoms with Crippen LogP contribution in [-0.4, -0.2) is 12.0 Å². The summed E-state index contributed by atoms with van der Waals surface area (Å²) in [5.74, 6) is -0.392. The van der Waals surface area contributed by atoms with Crippen LogP contribution in [0.2, 0.25) is 5.02 Å². The van der Waals surface area contributed by atoms with Gasteiger partial charge < -0.3 is 5.32 Å². The molecule has 0 bridgehead atoms. The standard InChI is InChI=1S/C15H16ClFN2/c1-10-6-7-11(19-9-10)8-14(18-2)12-4-3-5-13(17)15(12)16/h3-7,9,14,18H,8H2,1-2H3. The Hall–Kier alpha value is -1.45. The normalized spacial score (nSPS) is 12.4. The second-order valence-electron chi connectivity index (χ2n) is 4.52. The lowest BCUT2D eigenvalue weighted by atomic mass is 10.0. The Morgan fingerprint density at radius 3 is 2.74 bits per heavy atom. The van der Waals surface area contributed by atoms with Crippen molar-refractivity contribution in [1.29, 1.82) is 0 Å². The summed E-state index contributed by atoms with van der Waals surface area (Å²) >= 11 is 6.02. The molecule has 0 spiro atoms. The highest BCUT2D eigenvalue weighted by Crippen LogP contribution is 2.27. The number of aryl methyl sites for hydroxylation is 1. The molecule has 0 aliphatic carbocycles. The smallest absolute Gasteiger partial charge is 0.142 e. The van der Waals surface area contributed by atoms with E-state index in [1.54, 1.807) is 6.07 Å². The number of nitrogens with zero attached hydrogens (tertiary/aromatic N) is 1. The minimum Gasteiger partial charge on any atom is -0.313 e. The van der Waals surface area contributed by atoms with Crippen LogP contribution in [0.1, 0.15) is 22.9 Å². The van der Waals surface area contributed by atoms with Crippen molar-refractivity contribution in [2.45, 2.75) is 19.4 Å². The molecule has 2 aromatic rings. The maximum Gasteiger partial charge on any atom is 0.142 e. The lowest BCUT2D eigenvalue weighted by molar-refractivity contribution is 0.572. The fourth-order valence-electron chi connectivity index (χ4n) is 1.99. The summed E-state index contributed by atoms with van der Waals surface area (Å²) in [6.45, 7) is 2.00. The van der Waals surface area contributed by atoms with E-state index in [1.807, 2.05) is 38.4 Å². The van der Waals surface area contributed by atoms with E-state index in [9.17, 15) is 4.39 Å². The molecule has 1 aromatic heterocycles. The first-order valence-corrected chi connectivity index (χ1v) is 6.52. The number of nitrogens with one attached hydrogen (secondary N) is 1. The molecule has 0 saturated carbocycles. The number of rotatable bonds is 4. The van der Waals surface area contributed by atoms with Crippen LogP contribution in [0.3, 0.4) is 0 Å². The van der Waals surface area contributed by atoms with Crippen molar-refractivity contribution in [2.24, 2.45) is 0 Å². The Kier molecular flexibility index (Phi) is 4.51. The Labute approximate surface area is 117 Å². The predicted octanol–water partition coefficient (Wildman–Crippen LogP) is 3.69. The molecule has 1 heterocycles. The third kappa shape index (κ3) is 3.31. The van der Waals surface area contributed by atoms with Gasteiger partial charge in [0, 0.05) is 24.4 Å². The second kappa shape index (κ2) is 6.13. The van der Waals surface area contributed by atoms with Gasteiger partial charge in [-0.05, 0) is 37.2 Å². The summed E-state index contributed by atoms with van der Waals surface area (Å²) in [7, 11) is 1.83. The van der Waals surface area contributed by atoms with Gasteiger partial charge in [0.05, 0.1) is 5.02 Å². The van der Waals surface area contributed by atoms with Gasteiger partial charge in [-0.25, -0.2) is 4.39 Å². The second-order valence-corrected chi connectivity index (χ2v) is 4.89. The van der Waals surface area contributed by atoms with Crippen molar-refractivity contribution >= 4 is 11.6 Å². The molecule has 0 amide bonds. The van der Waals surface area contributed by atoms with Crippen molar-refractivity contribution in [3.05, 3.63) is 64.2 Å². The monoisotopic (exact) mass is 278 g/mol. The number of likely N-dealkylation sites (N-methyl/N-ethyl adjacent to an activating group) is 1. The molecule has 1 unspecified atom stereocenters. The summed E-state index contributed by atoms with van der Waals surface area (Å²) in [5.41, 5.74) is 2.82. The van der Waals surface area contributed by atoms with Crippen LogP contribution in [0.25, 0.3) is 0 Å². The third-order valence-electron chi connectivity index (χ3n) is 3.09. The summed E-state index contributed by atoms with van der Waals surface area (Å²) in [6.07, 6.45) is 2.50. The molecule has 0 saturated heterocycles. The highest BCUT2D eigenvalue weighted by atomic mass is 35.5. The van der Waals surface area contributed by atoms with Crippen LogP contribution in [-0.2, 0) is 6.42 Å². The van der Waals surface area contributed by atoms with Crippen LogP contribution in [0, 0.1) is 12.7 Å². The number of hydrogen-bond acceptors (Lipinski definition) is 2.